The van der Waals surface area contributed by atoms with Gasteiger partial charge in [0.1, 0.15) is 5.75 Å². The minimum Gasteiger partial charge on any atom is -0.496 e. The van der Waals surface area contributed by atoms with Crippen LogP contribution < -0.4 is 4.74 Å². The predicted molar refractivity (Wildman–Crippen MR) is 110 cm³/mol. The zero-order chi connectivity index (χ0) is 20.6. The lowest BCUT2D eigenvalue weighted by Crippen LogP contribution is -2.11. The number of alkyl halides is 3. The standard InChI is InChI=1S/C22H17F3N2OS/c1-13-11-29-12-17(13)15-8-7-14(9-18(15)22(23,24)25)19-10-26-21(27-19)16-5-3-4-6-20(16)28-2/h3-9,11-12H,10H2,1-2H3. The summed E-state index contributed by atoms with van der Waals surface area (Å²) in [5.41, 5.74) is 2.59. The Hall–Kier alpha value is -2.93. The Morgan fingerprint density at radius 1 is 1.00 bits per heavy atom. The fraction of sp³-hybridized carbons (Fsp3) is 0.182. The molecule has 0 fully saturated rings. The number of para-hydroxylation sites is 1. The normalized spacial score (nSPS) is 14.0. The molecule has 1 aliphatic rings. The first-order valence-corrected chi connectivity index (χ1v) is 9.83. The van der Waals surface area contributed by atoms with Crippen molar-refractivity contribution < 1.29 is 17.9 Å². The van der Waals surface area contributed by atoms with Gasteiger partial charge in [-0.25, -0.2) is 4.99 Å². The van der Waals surface area contributed by atoms with Gasteiger partial charge in [0.2, 0.25) is 0 Å². The Bertz CT molecular complexity index is 1130. The van der Waals surface area contributed by atoms with E-state index in [1.165, 1.54) is 23.5 Å². The molecule has 0 unspecified atom stereocenters. The fourth-order valence-corrected chi connectivity index (χ4v) is 4.16. The van der Waals surface area contributed by atoms with E-state index in [9.17, 15) is 13.2 Å². The van der Waals surface area contributed by atoms with Crippen molar-refractivity contribution >= 4 is 22.9 Å². The Kier molecular flexibility index (Phi) is 5.00. The van der Waals surface area contributed by atoms with Crippen molar-refractivity contribution in [1.82, 2.24) is 0 Å². The van der Waals surface area contributed by atoms with E-state index in [0.29, 0.717) is 34.0 Å². The smallest absolute Gasteiger partial charge is 0.417 e. The van der Waals surface area contributed by atoms with Crippen LogP contribution in [0.2, 0.25) is 0 Å². The Morgan fingerprint density at radius 3 is 2.48 bits per heavy atom. The van der Waals surface area contributed by atoms with Gasteiger partial charge >= 0.3 is 6.18 Å². The Morgan fingerprint density at radius 2 is 1.79 bits per heavy atom. The molecule has 29 heavy (non-hydrogen) atoms. The maximum atomic E-state index is 13.8. The van der Waals surface area contributed by atoms with E-state index in [2.05, 4.69) is 9.98 Å². The van der Waals surface area contributed by atoms with E-state index in [1.807, 2.05) is 30.5 Å². The van der Waals surface area contributed by atoms with Crippen molar-refractivity contribution in [3.63, 3.8) is 0 Å². The van der Waals surface area contributed by atoms with E-state index < -0.39 is 11.7 Å². The maximum absolute atomic E-state index is 13.8. The monoisotopic (exact) mass is 414 g/mol. The highest BCUT2D eigenvalue weighted by atomic mass is 32.1. The molecule has 7 heteroatoms. The number of nitrogens with zero attached hydrogens (tertiary/aromatic N) is 2. The summed E-state index contributed by atoms with van der Waals surface area (Å²) in [6, 6.07) is 11.7. The van der Waals surface area contributed by atoms with Crippen LogP contribution >= 0.6 is 11.3 Å². The average molecular weight is 414 g/mol. The topological polar surface area (TPSA) is 34.0 Å². The molecule has 0 saturated heterocycles. The van der Waals surface area contributed by atoms with Crippen molar-refractivity contribution in [3.8, 4) is 16.9 Å². The molecule has 0 spiro atoms. The largest absolute Gasteiger partial charge is 0.496 e. The van der Waals surface area contributed by atoms with Gasteiger partial charge in [0.15, 0.2) is 5.84 Å². The zero-order valence-corrected chi connectivity index (χ0v) is 16.6. The number of rotatable bonds is 4. The van der Waals surface area contributed by atoms with Crippen LogP contribution in [-0.2, 0) is 6.18 Å². The number of aliphatic imine (C=N–C) groups is 2. The van der Waals surface area contributed by atoms with E-state index in [1.54, 1.807) is 24.6 Å². The first-order valence-electron chi connectivity index (χ1n) is 8.88. The Balaban J connectivity index is 1.74. The molecule has 3 aromatic rings. The number of thiophene rings is 1. The van der Waals surface area contributed by atoms with Gasteiger partial charge in [-0.15, -0.1) is 0 Å². The van der Waals surface area contributed by atoms with Crippen LogP contribution in [0.3, 0.4) is 0 Å². The lowest BCUT2D eigenvalue weighted by Gasteiger charge is -2.14. The third kappa shape index (κ3) is 3.70. The van der Waals surface area contributed by atoms with Crippen LogP contribution in [0.15, 0.2) is 63.2 Å². The third-order valence-corrected chi connectivity index (χ3v) is 5.63. The van der Waals surface area contributed by atoms with Gasteiger partial charge in [0.05, 0.1) is 30.5 Å². The molecule has 0 radical (unpaired) electrons. The highest BCUT2D eigenvalue weighted by Gasteiger charge is 2.35. The van der Waals surface area contributed by atoms with Gasteiger partial charge < -0.3 is 4.74 Å². The highest BCUT2D eigenvalue weighted by molar-refractivity contribution is 7.08. The molecular formula is C22H17F3N2OS. The number of hydrogen-bond donors (Lipinski definition) is 0. The third-order valence-electron chi connectivity index (χ3n) is 4.77. The molecule has 0 atom stereocenters. The highest BCUT2D eigenvalue weighted by Crippen LogP contribution is 2.40. The molecule has 3 nitrogen and oxygen atoms in total. The van der Waals surface area contributed by atoms with E-state index >= 15 is 0 Å². The summed E-state index contributed by atoms with van der Waals surface area (Å²) < 4.78 is 46.7. The molecule has 2 aromatic carbocycles. The summed E-state index contributed by atoms with van der Waals surface area (Å²) in [4.78, 5) is 8.90. The van der Waals surface area contributed by atoms with Crippen LogP contribution in [0.5, 0.6) is 5.75 Å². The number of methoxy groups -OCH3 is 1. The number of halogens is 3. The molecule has 0 saturated carbocycles. The molecule has 4 rings (SSSR count). The van der Waals surface area contributed by atoms with Gasteiger partial charge in [-0.1, -0.05) is 24.3 Å². The molecule has 0 N–H and O–H groups in total. The van der Waals surface area contributed by atoms with Gasteiger partial charge in [0.25, 0.3) is 0 Å². The molecular weight excluding hydrogens is 397 g/mol. The SMILES string of the molecule is COc1ccccc1C1=NCC(c2ccc(-c3cscc3C)c(C(F)(F)F)c2)=N1. The second-order valence-electron chi connectivity index (χ2n) is 6.63. The quantitative estimate of drug-likeness (QED) is 0.515. The minimum absolute atomic E-state index is 0.185. The lowest BCUT2D eigenvalue weighted by molar-refractivity contribution is -0.137. The molecule has 1 aliphatic heterocycles. The van der Waals surface area contributed by atoms with Gasteiger partial charge in [-0.05, 0) is 58.1 Å². The van der Waals surface area contributed by atoms with E-state index in [4.69, 9.17) is 4.74 Å². The molecule has 0 bridgehead atoms. The number of ether oxygens (including phenoxy) is 1. The second-order valence-corrected chi connectivity index (χ2v) is 7.37. The zero-order valence-electron chi connectivity index (χ0n) is 15.7. The average Bonchev–Trinajstić information content (AvgIpc) is 3.36. The van der Waals surface area contributed by atoms with Gasteiger partial charge in [-0.2, -0.15) is 24.5 Å². The summed E-state index contributed by atoms with van der Waals surface area (Å²) in [6.07, 6.45) is -4.47. The summed E-state index contributed by atoms with van der Waals surface area (Å²) in [7, 11) is 1.56. The first kappa shape index (κ1) is 19.4. The number of hydrogen-bond acceptors (Lipinski definition) is 4. The molecule has 148 valence electrons. The summed E-state index contributed by atoms with van der Waals surface area (Å²) in [5.74, 6) is 1.08. The van der Waals surface area contributed by atoms with E-state index in [0.717, 1.165) is 5.56 Å². The predicted octanol–water partition coefficient (Wildman–Crippen LogP) is 6.00. The van der Waals surface area contributed by atoms with Crippen molar-refractivity contribution in [2.45, 2.75) is 13.1 Å². The van der Waals surface area contributed by atoms with Gasteiger partial charge in [-0.3, -0.25) is 4.99 Å². The number of aryl methyl sites for hydroxylation is 1. The Labute approximate surface area is 170 Å². The van der Waals surface area contributed by atoms with Crippen LogP contribution in [0.4, 0.5) is 13.2 Å². The summed E-state index contributed by atoms with van der Waals surface area (Å²) >= 11 is 1.39. The molecule has 0 amide bonds. The van der Waals surface area contributed by atoms with Gasteiger partial charge in [0, 0.05) is 0 Å². The second kappa shape index (κ2) is 7.48. The molecule has 1 aromatic heterocycles. The lowest BCUT2D eigenvalue weighted by atomic mass is 9.95. The van der Waals surface area contributed by atoms with Crippen LogP contribution in [0.1, 0.15) is 22.3 Å². The van der Waals surface area contributed by atoms with Crippen molar-refractivity contribution in [2.75, 3.05) is 13.7 Å². The summed E-state index contributed by atoms with van der Waals surface area (Å²) in [5, 5.41) is 3.59. The van der Waals surface area contributed by atoms with Crippen molar-refractivity contribution in [2.24, 2.45) is 9.98 Å². The van der Waals surface area contributed by atoms with Crippen LogP contribution in [0.25, 0.3) is 11.1 Å². The number of amidine groups is 1. The molecule has 0 aliphatic carbocycles. The maximum Gasteiger partial charge on any atom is 0.417 e. The van der Waals surface area contributed by atoms with Crippen molar-refractivity contribution in [1.29, 1.82) is 0 Å². The number of benzene rings is 2. The fourth-order valence-electron chi connectivity index (χ4n) is 3.31. The van der Waals surface area contributed by atoms with Crippen molar-refractivity contribution in [3.05, 3.63) is 75.5 Å². The van der Waals surface area contributed by atoms with E-state index in [-0.39, 0.29) is 12.1 Å². The minimum atomic E-state index is -4.47. The van der Waals surface area contributed by atoms with Crippen LogP contribution in [0, 0.1) is 6.92 Å². The first-order chi connectivity index (χ1) is 13.9. The molecule has 2 heterocycles. The van der Waals surface area contributed by atoms with Crippen LogP contribution in [-0.4, -0.2) is 25.2 Å². The summed E-state index contributed by atoms with van der Waals surface area (Å²) in [6.45, 7) is 2.04.